The van der Waals surface area contributed by atoms with Crippen LogP contribution in [0.5, 0.6) is 0 Å². The van der Waals surface area contributed by atoms with Gasteiger partial charge in [0.1, 0.15) is 4.90 Å². The maximum Gasteiger partial charge on any atom is 0.358 e. The third-order valence-corrected chi connectivity index (χ3v) is 4.91. The number of hydrogen-bond donors (Lipinski definition) is 0. The van der Waals surface area contributed by atoms with Crippen LogP contribution in [0.15, 0.2) is 58.6 Å². The highest BCUT2D eigenvalue weighted by Gasteiger charge is 2.19. The lowest BCUT2D eigenvalue weighted by atomic mass is 9.90. The minimum atomic E-state index is -3.93. The molecule has 22 heavy (non-hydrogen) atoms. The van der Waals surface area contributed by atoms with Crippen molar-refractivity contribution in [2.75, 3.05) is 0 Å². The summed E-state index contributed by atoms with van der Waals surface area (Å²) in [5.74, 6) is 0. The van der Waals surface area contributed by atoms with Crippen LogP contribution in [0, 0.1) is 0 Å². The Kier molecular flexibility index (Phi) is 4.18. The van der Waals surface area contributed by atoms with Crippen molar-refractivity contribution in [3.63, 3.8) is 0 Å². The Labute approximate surface area is 134 Å². The summed E-state index contributed by atoms with van der Waals surface area (Å²) in [6.07, 6.45) is 2.60. The van der Waals surface area contributed by atoms with Crippen LogP contribution >= 0.6 is 11.6 Å². The second-order valence-corrected chi connectivity index (χ2v) is 7.00. The number of halogens is 1. The van der Waals surface area contributed by atoms with Crippen molar-refractivity contribution in [3.8, 4) is 0 Å². The largest absolute Gasteiger partial charge is 0.358 e. The van der Waals surface area contributed by atoms with Gasteiger partial charge < -0.3 is 0 Å². The van der Waals surface area contributed by atoms with Gasteiger partial charge in [-0.3, -0.25) is 4.28 Å². The van der Waals surface area contributed by atoms with Gasteiger partial charge in [-0.25, -0.2) is 0 Å². The highest BCUT2D eigenvalue weighted by molar-refractivity contribution is 7.86. The molecule has 0 saturated carbocycles. The Morgan fingerprint density at radius 3 is 2.50 bits per heavy atom. The molecular formula is C16H14ClNO3S. The number of nitrogens with zero attached hydrogens (tertiary/aromatic N) is 1. The average molecular weight is 336 g/mol. The fourth-order valence-corrected chi connectivity index (χ4v) is 3.30. The Morgan fingerprint density at radius 1 is 1.00 bits per heavy atom. The van der Waals surface area contributed by atoms with E-state index in [0.29, 0.717) is 17.2 Å². The lowest BCUT2D eigenvalue weighted by Crippen LogP contribution is -2.13. The lowest BCUT2D eigenvalue weighted by Gasteiger charge is -2.16. The highest BCUT2D eigenvalue weighted by atomic mass is 35.5. The molecule has 0 amide bonds. The Morgan fingerprint density at radius 2 is 1.73 bits per heavy atom. The van der Waals surface area contributed by atoms with Gasteiger partial charge in [-0.05, 0) is 49.1 Å². The normalized spacial score (nSPS) is 16.3. The van der Waals surface area contributed by atoms with Gasteiger partial charge in [0.15, 0.2) is 0 Å². The van der Waals surface area contributed by atoms with Crippen molar-refractivity contribution in [2.24, 2.45) is 5.16 Å². The molecule has 6 heteroatoms. The third-order valence-electron chi connectivity index (χ3n) is 3.54. The fourth-order valence-electron chi connectivity index (χ4n) is 2.43. The van der Waals surface area contributed by atoms with Gasteiger partial charge in [-0.2, -0.15) is 8.42 Å². The molecule has 114 valence electrons. The molecule has 1 aliphatic rings. The van der Waals surface area contributed by atoms with Crippen molar-refractivity contribution in [1.29, 1.82) is 0 Å². The molecule has 0 radical (unpaired) electrons. The smallest absolute Gasteiger partial charge is 0.264 e. The van der Waals surface area contributed by atoms with Gasteiger partial charge in [0.2, 0.25) is 0 Å². The van der Waals surface area contributed by atoms with Crippen LogP contribution in [0.3, 0.4) is 0 Å². The van der Waals surface area contributed by atoms with E-state index in [1.165, 1.54) is 29.8 Å². The summed E-state index contributed by atoms with van der Waals surface area (Å²) in [4.78, 5) is 0.0327. The Hall–Kier alpha value is -1.85. The van der Waals surface area contributed by atoms with Crippen molar-refractivity contribution in [2.45, 2.75) is 24.2 Å². The van der Waals surface area contributed by atoms with E-state index in [2.05, 4.69) is 5.16 Å². The molecule has 0 saturated heterocycles. The lowest BCUT2D eigenvalue weighted by molar-refractivity contribution is 0.337. The van der Waals surface area contributed by atoms with Gasteiger partial charge in [-0.1, -0.05) is 41.0 Å². The summed E-state index contributed by atoms with van der Waals surface area (Å²) in [5.41, 5.74) is 2.79. The zero-order chi connectivity index (χ0) is 15.6. The second-order valence-electron chi connectivity index (χ2n) is 5.03. The molecule has 0 unspecified atom stereocenters. The summed E-state index contributed by atoms with van der Waals surface area (Å²) in [5, 5.41) is 4.36. The number of rotatable bonds is 3. The van der Waals surface area contributed by atoms with E-state index in [9.17, 15) is 8.42 Å². The first-order chi connectivity index (χ1) is 10.6. The zero-order valence-corrected chi connectivity index (χ0v) is 13.3. The molecule has 0 N–H and O–H groups in total. The van der Waals surface area contributed by atoms with E-state index >= 15 is 0 Å². The maximum atomic E-state index is 12.1. The molecule has 0 bridgehead atoms. The van der Waals surface area contributed by atoms with Crippen LogP contribution in [-0.4, -0.2) is 14.1 Å². The van der Waals surface area contributed by atoms with E-state index < -0.39 is 10.1 Å². The molecule has 2 aromatic carbocycles. The predicted octanol–water partition coefficient (Wildman–Crippen LogP) is 3.79. The summed E-state index contributed by atoms with van der Waals surface area (Å²) in [6, 6.07) is 13.6. The average Bonchev–Trinajstić information content (AvgIpc) is 2.53. The molecule has 0 heterocycles. The summed E-state index contributed by atoms with van der Waals surface area (Å²) < 4.78 is 29.1. The minimum Gasteiger partial charge on any atom is -0.264 e. The van der Waals surface area contributed by atoms with Gasteiger partial charge in [0, 0.05) is 10.6 Å². The first-order valence-electron chi connectivity index (χ1n) is 6.91. The van der Waals surface area contributed by atoms with Crippen LogP contribution in [0.2, 0.25) is 5.02 Å². The quantitative estimate of drug-likeness (QED) is 0.802. The topological polar surface area (TPSA) is 55.7 Å². The third kappa shape index (κ3) is 3.15. The van der Waals surface area contributed by atoms with Crippen LogP contribution in [0.1, 0.15) is 24.0 Å². The van der Waals surface area contributed by atoms with Crippen molar-refractivity contribution >= 4 is 27.4 Å². The first-order valence-corrected chi connectivity index (χ1v) is 8.69. The zero-order valence-electron chi connectivity index (χ0n) is 11.7. The van der Waals surface area contributed by atoms with Crippen LogP contribution < -0.4 is 0 Å². The van der Waals surface area contributed by atoms with Crippen LogP contribution in [0.25, 0.3) is 0 Å². The van der Waals surface area contributed by atoms with E-state index in [1.54, 1.807) is 0 Å². The van der Waals surface area contributed by atoms with E-state index in [0.717, 1.165) is 18.4 Å². The molecule has 0 fully saturated rings. The molecule has 2 aromatic rings. The van der Waals surface area contributed by atoms with Gasteiger partial charge in [-0.15, -0.1) is 0 Å². The molecule has 0 aromatic heterocycles. The van der Waals surface area contributed by atoms with Crippen LogP contribution in [0.4, 0.5) is 0 Å². The number of aryl methyl sites for hydroxylation is 1. The predicted molar refractivity (Wildman–Crippen MR) is 85.6 cm³/mol. The minimum absolute atomic E-state index is 0.0327. The van der Waals surface area contributed by atoms with Crippen molar-refractivity contribution < 1.29 is 12.7 Å². The molecule has 1 aliphatic carbocycles. The number of hydrogen-bond acceptors (Lipinski definition) is 4. The molecule has 4 nitrogen and oxygen atoms in total. The molecule has 0 atom stereocenters. The standard InChI is InChI=1S/C16H14ClNO3S/c17-13-8-10-14(11-9-13)22(19,20)21-18-16-7-3-5-12-4-1-2-6-15(12)16/h1-2,4,6,8-11H,3,5,7H2. The van der Waals surface area contributed by atoms with Gasteiger partial charge >= 0.3 is 10.1 Å². The molecule has 3 rings (SSSR count). The van der Waals surface area contributed by atoms with E-state index in [1.807, 2.05) is 24.3 Å². The van der Waals surface area contributed by atoms with Gasteiger partial charge in [0.25, 0.3) is 0 Å². The number of fused-ring (bicyclic) bond motifs is 1. The monoisotopic (exact) mass is 335 g/mol. The summed E-state index contributed by atoms with van der Waals surface area (Å²) in [7, 11) is -3.93. The molecular weight excluding hydrogens is 322 g/mol. The van der Waals surface area contributed by atoms with E-state index in [-0.39, 0.29) is 4.90 Å². The van der Waals surface area contributed by atoms with Gasteiger partial charge in [0.05, 0.1) is 5.71 Å². The Bertz CT molecular complexity index is 814. The van der Waals surface area contributed by atoms with Crippen LogP contribution in [-0.2, 0) is 20.8 Å². The summed E-state index contributed by atoms with van der Waals surface area (Å²) >= 11 is 5.75. The van der Waals surface area contributed by atoms with E-state index in [4.69, 9.17) is 15.9 Å². The molecule has 0 aliphatic heterocycles. The summed E-state index contributed by atoms with van der Waals surface area (Å²) in [6.45, 7) is 0. The SMILES string of the molecule is O=S(=O)(ON=C1CCCc2ccccc21)c1ccc(Cl)cc1. The highest BCUT2D eigenvalue weighted by Crippen LogP contribution is 2.23. The number of oxime groups is 1. The van der Waals surface area contributed by atoms with Crippen molar-refractivity contribution in [3.05, 3.63) is 64.7 Å². The fraction of sp³-hybridized carbons (Fsp3) is 0.188. The Balaban J connectivity index is 1.87. The number of benzene rings is 2. The van der Waals surface area contributed by atoms with Crippen molar-refractivity contribution in [1.82, 2.24) is 0 Å². The molecule has 0 spiro atoms. The maximum absolute atomic E-state index is 12.1. The second kappa shape index (κ2) is 6.10. The first kappa shape index (κ1) is 15.1.